The Hall–Kier alpha value is -0.770. The summed E-state index contributed by atoms with van der Waals surface area (Å²) in [4.78, 5) is 4.18. The van der Waals surface area contributed by atoms with Crippen molar-refractivity contribution < 1.29 is 4.74 Å². The van der Waals surface area contributed by atoms with Gasteiger partial charge in [-0.2, -0.15) is 0 Å². The van der Waals surface area contributed by atoms with Crippen molar-refractivity contribution in [1.82, 2.24) is 4.98 Å². The second-order valence-corrected chi connectivity index (χ2v) is 3.74. The first kappa shape index (κ1) is 10.3. The first-order valence-electron chi connectivity index (χ1n) is 4.10. The SMILES string of the molecule is COc1ccc(NC(C)C)c(Br)n1. The maximum absolute atomic E-state index is 4.99. The number of ether oxygens (including phenoxy) is 1. The molecule has 72 valence electrons. The lowest BCUT2D eigenvalue weighted by Crippen LogP contribution is -2.10. The summed E-state index contributed by atoms with van der Waals surface area (Å²) in [7, 11) is 1.60. The highest BCUT2D eigenvalue weighted by atomic mass is 79.9. The first-order chi connectivity index (χ1) is 6.13. The van der Waals surface area contributed by atoms with Crippen molar-refractivity contribution in [3.8, 4) is 5.88 Å². The van der Waals surface area contributed by atoms with Crippen LogP contribution in [0.15, 0.2) is 16.7 Å². The summed E-state index contributed by atoms with van der Waals surface area (Å²) >= 11 is 3.36. The minimum Gasteiger partial charge on any atom is -0.481 e. The fourth-order valence-electron chi connectivity index (χ4n) is 0.950. The molecule has 0 saturated heterocycles. The number of pyridine rings is 1. The van der Waals surface area contributed by atoms with E-state index in [0.29, 0.717) is 11.9 Å². The predicted molar refractivity (Wildman–Crippen MR) is 57.2 cm³/mol. The molecular formula is C9H13BrN2O. The van der Waals surface area contributed by atoms with Gasteiger partial charge in [-0.25, -0.2) is 4.98 Å². The molecule has 4 heteroatoms. The van der Waals surface area contributed by atoms with Crippen LogP contribution in [0.25, 0.3) is 0 Å². The lowest BCUT2D eigenvalue weighted by atomic mass is 10.3. The molecular weight excluding hydrogens is 232 g/mol. The highest BCUT2D eigenvalue weighted by molar-refractivity contribution is 9.10. The molecule has 0 fully saturated rings. The van der Waals surface area contributed by atoms with Crippen molar-refractivity contribution in [3.63, 3.8) is 0 Å². The summed E-state index contributed by atoms with van der Waals surface area (Å²) in [6, 6.07) is 4.16. The monoisotopic (exact) mass is 244 g/mol. The van der Waals surface area contributed by atoms with Gasteiger partial charge in [0, 0.05) is 12.1 Å². The van der Waals surface area contributed by atoms with E-state index in [0.717, 1.165) is 10.3 Å². The number of nitrogens with one attached hydrogen (secondary N) is 1. The third-order valence-electron chi connectivity index (χ3n) is 1.48. The quantitative estimate of drug-likeness (QED) is 0.831. The molecule has 0 atom stereocenters. The molecule has 0 unspecified atom stereocenters. The van der Waals surface area contributed by atoms with Gasteiger partial charge in [0.25, 0.3) is 0 Å². The van der Waals surface area contributed by atoms with E-state index in [-0.39, 0.29) is 0 Å². The topological polar surface area (TPSA) is 34.1 Å². The summed E-state index contributed by atoms with van der Waals surface area (Å²) in [5, 5.41) is 3.26. The van der Waals surface area contributed by atoms with Gasteiger partial charge in [-0.05, 0) is 35.8 Å². The molecule has 1 heterocycles. The number of aromatic nitrogens is 1. The number of halogens is 1. The molecule has 1 N–H and O–H groups in total. The number of hydrogen-bond donors (Lipinski definition) is 1. The highest BCUT2D eigenvalue weighted by Gasteiger charge is 2.03. The van der Waals surface area contributed by atoms with Crippen molar-refractivity contribution in [3.05, 3.63) is 16.7 Å². The maximum Gasteiger partial charge on any atom is 0.214 e. The zero-order chi connectivity index (χ0) is 9.84. The molecule has 1 aromatic heterocycles. The summed E-state index contributed by atoms with van der Waals surface area (Å²) in [5.74, 6) is 0.612. The molecule has 0 amide bonds. The van der Waals surface area contributed by atoms with Gasteiger partial charge < -0.3 is 10.1 Å². The Morgan fingerprint density at radius 2 is 2.15 bits per heavy atom. The van der Waals surface area contributed by atoms with Crippen LogP contribution in [-0.2, 0) is 0 Å². The normalized spacial score (nSPS) is 10.2. The second kappa shape index (κ2) is 4.46. The van der Waals surface area contributed by atoms with Crippen LogP contribution in [0.5, 0.6) is 5.88 Å². The fourth-order valence-corrected chi connectivity index (χ4v) is 1.37. The maximum atomic E-state index is 4.99. The Bertz CT molecular complexity index is 289. The third kappa shape index (κ3) is 2.88. The van der Waals surface area contributed by atoms with Gasteiger partial charge in [-0.1, -0.05) is 0 Å². The van der Waals surface area contributed by atoms with Crippen molar-refractivity contribution >= 4 is 21.6 Å². The van der Waals surface area contributed by atoms with Crippen molar-refractivity contribution in [2.45, 2.75) is 19.9 Å². The van der Waals surface area contributed by atoms with E-state index < -0.39 is 0 Å². The average molecular weight is 245 g/mol. The molecule has 0 spiro atoms. The fraction of sp³-hybridized carbons (Fsp3) is 0.444. The minimum absolute atomic E-state index is 0.395. The molecule has 0 aliphatic rings. The molecule has 0 aliphatic heterocycles. The second-order valence-electron chi connectivity index (χ2n) is 2.99. The predicted octanol–water partition coefficient (Wildman–Crippen LogP) is 2.67. The van der Waals surface area contributed by atoms with Gasteiger partial charge in [0.15, 0.2) is 0 Å². The van der Waals surface area contributed by atoms with Crippen LogP contribution in [0.2, 0.25) is 0 Å². The van der Waals surface area contributed by atoms with Crippen LogP contribution in [0.1, 0.15) is 13.8 Å². The zero-order valence-electron chi connectivity index (χ0n) is 7.97. The Balaban J connectivity index is 2.85. The number of nitrogens with zero attached hydrogens (tertiary/aromatic N) is 1. The van der Waals surface area contributed by atoms with Crippen LogP contribution in [-0.4, -0.2) is 18.1 Å². The van der Waals surface area contributed by atoms with Crippen LogP contribution >= 0.6 is 15.9 Å². The van der Waals surface area contributed by atoms with Crippen molar-refractivity contribution in [1.29, 1.82) is 0 Å². The van der Waals surface area contributed by atoms with Crippen molar-refractivity contribution in [2.24, 2.45) is 0 Å². The van der Waals surface area contributed by atoms with Gasteiger partial charge in [0.05, 0.1) is 12.8 Å². The molecule has 1 aromatic rings. The van der Waals surface area contributed by atoms with E-state index in [9.17, 15) is 0 Å². The molecule has 3 nitrogen and oxygen atoms in total. The molecule has 1 rings (SSSR count). The smallest absolute Gasteiger partial charge is 0.214 e. The van der Waals surface area contributed by atoms with Crippen LogP contribution in [0.4, 0.5) is 5.69 Å². The van der Waals surface area contributed by atoms with Gasteiger partial charge in [-0.3, -0.25) is 0 Å². The van der Waals surface area contributed by atoms with E-state index in [2.05, 4.69) is 40.1 Å². The van der Waals surface area contributed by atoms with Gasteiger partial charge in [0.2, 0.25) is 5.88 Å². The van der Waals surface area contributed by atoms with E-state index in [1.165, 1.54) is 0 Å². The third-order valence-corrected chi connectivity index (χ3v) is 2.08. The summed E-state index contributed by atoms with van der Waals surface area (Å²) in [5.41, 5.74) is 0.982. The molecule has 0 aliphatic carbocycles. The molecule has 0 radical (unpaired) electrons. The summed E-state index contributed by atoms with van der Waals surface area (Å²) < 4.78 is 5.76. The Labute approximate surface area is 86.6 Å². The number of hydrogen-bond acceptors (Lipinski definition) is 3. The Morgan fingerprint density at radius 1 is 1.46 bits per heavy atom. The van der Waals surface area contributed by atoms with E-state index in [1.807, 2.05) is 12.1 Å². The van der Waals surface area contributed by atoms with Gasteiger partial charge in [-0.15, -0.1) is 0 Å². The summed E-state index contributed by atoms with van der Waals surface area (Å²) in [6.07, 6.45) is 0. The largest absolute Gasteiger partial charge is 0.481 e. The van der Waals surface area contributed by atoms with E-state index in [1.54, 1.807) is 7.11 Å². The number of methoxy groups -OCH3 is 1. The Morgan fingerprint density at radius 3 is 2.62 bits per heavy atom. The van der Waals surface area contributed by atoms with Crippen LogP contribution in [0, 0.1) is 0 Å². The lowest BCUT2D eigenvalue weighted by Gasteiger charge is -2.11. The highest BCUT2D eigenvalue weighted by Crippen LogP contribution is 2.23. The van der Waals surface area contributed by atoms with Crippen LogP contribution < -0.4 is 10.1 Å². The van der Waals surface area contributed by atoms with Gasteiger partial charge >= 0.3 is 0 Å². The standard InChI is InChI=1S/C9H13BrN2O/c1-6(2)11-7-4-5-8(13-3)12-9(7)10/h4-6,11H,1-3H3. The molecule has 13 heavy (non-hydrogen) atoms. The van der Waals surface area contributed by atoms with E-state index in [4.69, 9.17) is 4.74 Å². The lowest BCUT2D eigenvalue weighted by molar-refractivity contribution is 0.397. The van der Waals surface area contributed by atoms with Crippen molar-refractivity contribution in [2.75, 3.05) is 12.4 Å². The molecule has 0 aromatic carbocycles. The molecule has 0 saturated carbocycles. The Kier molecular flexibility index (Phi) is 3.54. The summed E-state index contributed by atoms with van der Waals surface area (Å²) in [6.45, 7) is 4.16. The van der Waals surface area contributed by atoms with Crippen LogP contribution in [0.3, 0.4) is 0 Å². The number of anilines is 1. The first-order valence-corrected chi connectivity index (χ1v) is 4.90. The number of rotatable bonds is 3. The van der Waals surface area contributed by atoms with Gasteiger partial charge in [0.1, 0.15) is 4.60 Å². The molecule has 0 bridgehead atoms. The minimum atomic E-state index is 0.395. The average Bonchev–Trinajstić information content (AvgIpc) is 2.08. The van der Waals surface area contributed by atoms with E-state index >= 15 is 0 Å². The zero-order valence-corrected chi connectivity index (χ0v) is 9.55.